The molecule has 1 N–H and O–H groups in total. The number of aliphatic imine (C=N–C) groups is 1. The Labute approximate surface area is 168 Å². The van der Waals surface area contributed by atoms with Gasteiger partial charge in [0.25, 0.3) is 0 Å². The van der Waals surface area contributed by atoms with Crippen LogP contribution in [0.25, 0.3) is 0 Å². The van der Waals surface area contributed by atoms with E-state index in [1.807, 2.05) is 19.4 Å². The second-order valence-electron chi connectivity index (χ2n) is 6.63. The molecule has 0 saturated carbocycles. The monoisotopic (exact) mass is 455 g/mol. The molecule has 2 rings (SSSR count). The largest absolute Gasteiger partial charge is 0.349 e. The third-order valence-corrected chi connectivity index (χ3v) is 3.88. The van der Waals surface area contributed by atoms with Crippen LogP contribution >= 0.6 is 24.0 Å². The Kier molecular flexibility index (Phi) is 8.96. The van der Waals surface area contributed by atoms with Gasteiger partial charge >= 0.3 is 0 Å². The quantitative estimate of drug-likeness (QED) is 0.411. The highest BCUT2D eigenvalue weighted by Gasteiger charge is 2.09. The van der Waals surface area contributed by atoms with Crippen LogP contribution in [0, 0.1) is 12.8 Å². The fourth-order valence-electron chi connectivity index (χ4n) is 2.65. The molecule has 0 aliphatic heterocycles. The molecule has 0 saturated heterocycles. The summed E-state index contributed by atoms with van der Waals surface area (Å²) in [5.74, 6) is 2.50. The predicted molar refractivity (Wildman–Crippen MR) is 115 cm³/mol. The zero-order valence-corrected chi connectivity index (χ0v) is 18.2. The van der Waals surface area contributed by atoms with Crippen molar-refractivity contribution in [1.29, 1.82) is 0 Å². The molecule has 0 unspecified atom stereocenters. The van der Waals surface area contributed by atoms with E-state index in [1.54, 1.807) is 0 Å². The van der Waals surface area contributed by atoms with Crippen LogP contribution in [-0.2, 0) is 19.6 Å². The minimum Gasteiger partial charge on any atom is -0.349 e. The lowest BCUT2D eigenvalue weighted by Gasteiger charge is -2.22. The van der Waals surface area contributed by atoms with Crippen molar-refractivity contribution in [3.05, 3.63) is 53.6 Å². The van der Waals surface area contributed by atoms with Crippen molar-refractivity contribution >= 4 is 29.9 Å². The van der Waals surface area contributed by atoms with Gasteiger partial charge in [0.05, 0.1) is 6.54 Å². The maximum absolute atomic E-state index is 4.46. The van der Waals surface area contributed by atoms with E-state index in [9.17, 15) is 0 Å². The third kappa shape index (κ3) is 6.68. The first-order chi connectivity index (χ1) is 11.5. The minimum absolute atomic E-state index is 0. The number of aromatic nitrogens is 2. The van der Waals surface area contributed by atoms with Gasteiger partial charge in [-0.3, -0.25) is 4.99 Å². The molecule has 0 aliphatic carbocycles. The van der Waals surface area contributed by atoms with Crippen molar-refractivity contribution < 1.29 is 0 Å². The summed E-state index contributed by atoms with van der Waals surface area (Å²) in [5.41, 5.74) is 2.55. The second kappa shape index (κ2) is 10.4. The van der Waals surface area contributed by atoms with Crippen molar-refractivity contribution in [2.45, 2.75) is 40.4 Å². The number of guanidine groups is 1. The normalized spacial score (nSPS) is 11.4. The van der Waals surface area contributed by atoms with Crippen molar-refractivity contribution in [3.8, 4) is 0 Å². The van der Waals surface area contributed by atoms with Gasteiger partial charge in [-0.25, -0.2) is 4.98 Å². The number of aryl methyl sites for hydroxylation is 1. The number of benzene rings is 1. The number of hydrogen-bond acceptors (Lipinski definition) is 2. The third-order valence-electron chi connectivity index (χ3n) is 3.88. The molecular weight excluding hydrogens is 425 g/mol. The number of nitrogens with zero attached hydrogens (tertiary/aromatic N) is 4. The summed E-state index contributed by atoms with van der Waals surface area (Å²) < 4.78 is 2.20. The number of halogens is 1. The minimum atomic E-state index is 0. The summed E-state index contributed by atoms with van der Waals surface area (Å²) in [6.07, 6.45) is 3.90. The van der Waals surface area contributed by atoms with Gasteiger partial charge in [-0.2, -0.15) is 0 Å². The Morgan fingerprint density at radius 1 is 1.28 bits per heavy atom. The van der Waals surface area contributed by atoms with Crippen LogP contribution in [0.15, 0.2) is 41.7 Å². The highest BCUT2D eigenvalue weighted by molar-refractivity contribution is 14.0. The van der Waals surface area contributed by atoms with Crippen LogP contribution in [0.2, 0.25) is 0 Å². The lowest BCUT2D eigenvalue weighted by atomic mass is 10.1. The number of nitrogens with one attached hydrogen (secondary N) is 1. The number of hydrogen-bond donors (Lipinski definition) is 1. The van der Waals surface area contributed by atoms with Crippen molar-refractivity contribution in [1.82, 2.24) is 19.8 Å². The maximum Gasteiger partial charge on any atom is 0.194 e. The number of rotatable bonds is 6. The van der Waals surface area contributed by atoms with Gasteiger partial charge in [0.2, 0.25) is 0 Å². The molecule has 0 fully saturated rings. The maximum atomic E-state index is 4.46. The molecule has 0 bridgehead atoms. The van der Waals surface area contributed by atoms with Gasteiger partial charge in [0.1, 0.15) is 5.82 Å². The van der Waals surface area contributed by atoms with Crippen LogP contribution < -0.4 is 5.32 Å². The lowest BCUT2D eigenvalue weighted by Crippen LogP contribution is -2.38. The van der Waals surface area contributed by atoms with Crippen molar-refractivity contribution in [2.75, 3.05) is 14.1 Å². The second-order valence-corrected chi connectivity index (χ2v) is 6.63. The van der Waals surface area contributed by atoms with Crippen molar-refractivity contribution in [2.24, 2.45) is 10.9 Å². The smallest absolute Gasteiger partial charge is 0.194 e. The fraction of sp³-hybridized carbons (Fsp3) is 0.474. The summed E-state index contributed by atoms with van der Waals surface area (Å²) >= 11 is 0. The lowest BCUT2D eigenvalue weighted by molar-refractivity contribution is 0.468. The first-order valence-corrected chi connectivity index (χ1v) is 8.47. The Hall–Kier alpha value is -1.57. The molecule has 0 atom stereocenters. The average molecular weight is 455 g/mol. The zero-order chi connectivity index (χ0) is 17.5. The standard InChI is InChI=1S/C19H29N5.HI/c1-15(2)13-24-11-10-21-18(24)12-22-19(20-4)23(5)14-17-8-6-16(3)7-9-17;/h6-11,15H,12-14H2,1-5H3,(H,20,22);1H. The summed E-state index contributed by atoms with van der Waals surface area (Å²) in [4.78, 5) is 11.0. The first-order valence-electron chi connectivity index (χ1n) is 8.47. The molecule has 1 aromatic carbocycles. The average Bonchev–Trinajstić information content (AvgIpc) is 2.96. The van der Waals surface area contributed by atoms with Gasteiger partial charge < -0.3 is 14.8 Å². The first kappa shape index (κ1) is 21.5. The highest BCUT2D eigenvalue weighted by Crippen LogP contribution is 2.07. The molecule has 0 amide bonds. The Balaban J connectivity index is 0.00000312. The van der Waals surface area contributed by atoms with Gasteiger partial charge in [-0.15, -0.1) is 24.0 Å². The molecule has 0 aliphatic rings. The zero-order valence-electron chi connectivity index (χ0n) is 15.9. The summed E-state index contributed by atoms with van der Waals surface area (Å²) in [7, 11) is 3.87. The highest BCUT2D eigenvalue weighted by atomic mass is 127. The summed E-state index contributed by atoms with van der Waals surface area (Å²) in [5, 5.41) is 3.41. The van der Waals surface area contributed by atoms with Crippen LogP contribution in [0.1, 0.15) is 30.8 Å². The van der Waals surface area contributed by atoms with E-state index in [0.717, 1.165) is 24.9 Å². The van der Waals surface area contributed by atoms with E-state index in [4.69, 9.17) is 0 Å². The van der Waals surface area contributed by atoms with Crippen LogP contribution in [0.3, 0.4) is 0 Å². The fourth-order valence-corrected chi connectivity index (χ4v) is 2.65. The molecule has 0 spiro atoms. The Morgan fingerprint density at radius 2 is 1.96 bits per heavy atom. The van der Waals surface area contributed by atoms with E-state index in [1.165, 1.54) is 11.1 Å². The molecule has 1 aromatic heterocycles. The van der Waals surface area contributed by atoms with E-state index >= 15 is 0 Å². The van der Waals surface area contributed by atoms with Gasteiger partial charge in [0, 0.05) is 39.6 Å². The van der Waals surface area contributed by atoms with E-state index in [-0.39, 0.29) is 24.0 Å². The summed E-state index contributed by atoms with van der Waals surface area (Å²) in [6, 6.07) is 8.60. The molecule has 138 valence electrons. The number of imidazole rings is 1. The molecule has 25 heavy (non-hydrogen) atoms. The van der Waals surface area contributed by atoms with Gasteiger partial charge in [-0.1, -0.05) is 43.7 Å². The molecule has 2 aromatic rings. The summed E-state index contributed by atoms with van der Waals surface area (Å²) in [6.45, 7) is 9.00. The molecule has 5 nitrogen and oxygen atoms in total. The molecule has 1 heterocycles. The molecule has 0 radical (unpaired) electrons. The van der Waals surface area contributed by atoms with Crippen molar-refractivity contribution in [3.63, 3.8) is 0 Å². The van der Waals surface area contributed by atoms with Crippen LogP contribution in [0.5, 0.6) is 0 Å². The Bertz CT molecular complexity index is 661. The van der Waals surface area contributed by atoms with Crippen LogP contribution in [0.4, 0.5) is 0 Å². The van der Waals surface area contributed by atoms with E-state index in [0.29, 0.717) is 12.5 Å². The van der Waals surface area contributed by atoms with Gasteiger partial charge in [-0.05, 0) is 18.4 Å². The molecule has 6 heteroatoms. The predicted octanol–water partition coefficient (Wildman–Crippen LogP) is 3.67. The van der Waals surface area contributed by atoms with E-state index in [2.05, 4.69) is 76.8 Å². The van der Waals surface area contributed by atoms with Crippen LogP contribution in [-0.4, -0.2) is 34.5 Å². The topological polar surface area (TPSA) is 45.5 Å². The molecular formula is C19H30IN5. The van der Waals surface area contributed by atoms with Gasteiger partial charge in [0.15, 0.2) is 5.96 Å². The SMILES string of the molecule is CN=C(NCc1nccn1CC(C)C)N(C)Cc1ccc(C)cc1.I. The van der Waals surface area contributed by atoms with E-state index < -0.39 is 0 Å². The Morgan fingerprint density at radius 3 is 2.56 bits per heavy atom.